The maximum atomic E-state index is 11.9. The SMILES string of the molecule is CN(c1ccc(NC(=O)CCc2ccccc2)cc1)S(C)(=O)=O. The van der Waals surface area contributed by atoms with E-state index in [1.807, 2.05) is 30.3 Å². The van der Waals surface area contributed by atoms with E-state index in [0.717, 1.165) is 11.8 Å². The molecule has 0 aliphatic rings. The number of nitrogens with one attached hydrogen (secondary N) is 1. The number of benzene rings is 2. The first-order chi connectivity index (χ1) is 10.9. The van der Waals surface area contributed by atoms with Crippen molar-refractivity contribution >= 4 is 27.3 Å². The molecule has 1 amide bonds. The number of nitrogens with zero attached hydrogens (tertiary/aromatic N) is 1. The van der Waals surface area contributed by atoms with E-state index in [0.29, 0.717) is 24.2 Å². The van der Waals surface area contributed by atoms with E-state index in [1.54, 1.807) is 24.3 Å². The second-order valence-electron chi connectivity index (χ2n) is 5.31. The lowest BCUT2D eigenvalue weighted by Crippen LogP contribution is -2.24. The number of anilines is 2. The number of aryl methyl sites for hydroxylation is 1. The van der Waals surface area contributed by atoms with Crippen molar-refractivity contribution in [1.29, 1.82) is 0 Å². The summed E-state index contributed by atoms with van der Waals surface area (Å²) in [6.07, 6.45) is 2.23. The number of sulfonamides is 1. The Labute approximate surface area is 137 Å². The summed E-state index contributed by atoms with van der Waals surface area (Å²) in [6, 6.07) is 16.5. The quantitative estimate of drug-likeness (QED) is 0.884. The number of carbonyl (C=O) groups is 1. The number of rotatable bonds is 6. The molecular formula is C17H20N2O3S. The molecule has 2 aromatic rings. The van der Waals surface area contributed by atoms with Gasteiger partial charge in [0.1, 0.15) is 0 Å². The summed E-state index contributed by atoms with van der Waals surface area (Å²) in [6.45, 7) is 0. The van der Waals surface area contributed by atoms with Crippen LogP contribution in [0.25, 0.3) is 0 Å². The fraction of sp³-hybridized carbons (Fsp3) is 0.235. The molecule has 0 heterocycles. The Morgan fingerprint density at radius 3 is 2.22 bits per heavy atom. The third kappa shape index (κ3) is 5.10. The van der Waals surface area contributed by atoms with Crippen LogP contribution in [-0.4, -0.2) is 27.6 Å². The molecular weight excluding hydrogens is 312 g/mol. The summed E-state index contributed by atoms with van der Waals surface area (Å²) in [5.74, 6) is -0.0712. The predicted octanol–water partition coefficient (Wildman–Crippen LogP) is 2.65. The molecule has 23 heavy (non-hydrogen) atoms. The summed E-state index contributed by atoms with van der Waals surface area (Å²) in [7, 11) is -1.80. The van der Waals surface area contributed by atoms with Gasteiger partial charge in [-0.05, 0) is 36.2 Å². The number of hydrogen-bond acceptors (Lipinski definition) is 3. The van der Waals surface area contributed by atoms with Crippen LogP contribution in [0.3, 0.4) is 0 Å². The van der Waals surface area contributed by atoms with Gasteiger partial charge >= 0.3 is 0 Å². The average molecular weight is 332 g/mol. The molecule has 0 aromatic heterocycles. The second kappa shape index (κ2) is 7.28. The van der Waals surface area contributed by atoms with Crippen molar-refractivity contribution in [2.45, 2.75) is 12.8 Å². The Morgan fingerprint density at radius 1 is 1.04 bits per heavy atom. The van der Waals surface area contributed by atoms with Gasteiger partial charge in [0.05, 0.1) is 11.9 Å². The van der Waals surface area contributed by atoms with Crippen molar-refractivity contribution in [3.8, 4) is 0 Å². The molecule has 0 radical (unpaired) electrons. The lowest BCUT2D eigenvalue weighted by Gasteiger charge is -2.16. The van der Waals surface area contributed by atoms with Crippen LogP contribution in [-0.2, 0) is 21.2 Å². The Bertz CT molecular complexity index is 756. The molecule has 0 bridgehead atoms. The van der Waals surface area contributed by atoms with Crippen LogP contribution in [0.2, 0.25) is 0 Å². The Morgan fingerprint density at radius 2 is 1.65 bits per heavy atom. The van der Waals surface area contributed by atoms with Crippen molar-refractivity contribution in [3.63, 3.8) is 0 Å². The molecule has 6 heteroatoms. The molecule has 0 fully saturated rings. The van der Waals surface area contributed by atoms with Gasteiger partial charge in [-0.15, -0.1) is 0 Å². The standard InChI is InChI=1S/C17H20N2O3S/c1-19(23(2,21)22)16-11-9-15(10-12-16)18-17(20)13-8-14-6-4-3-5-7-14/h3-7,9-12H,8,13H2,1-2H3,(H,18,20). The fourth-order valence-corrected chi connectivity index (χ4v) is 2.58. The number of hydrogen-bond donors (Lipinski definition) is 1. The molecule has 1 N–H and O–H groups in total. The highest BCUT2D eigenvalue weighted by molar-refractivity contribution is 7.92. The topological polar surface area (TPSA) is 66.5 Å². The normalized spacial score (nSPS) is 11.0. The average Bonchev–Trinajstić information content (AvgIpc) is 2.53. The Hall–Kier alpha value is -2.34. The zero-order valence-electron chi connectivity index (χ0n) is 13.2. The van der Waals surface area contributed by atoms with E-state index in [9.17, 15) is 13.2 Å². The molecule has 0 aliphatic heterocycles. The fourth-order valence-electron chi connectivity index (χ4n) is 2.07. The zero-order chi connectivity index (χ0) is 16.9. The van der Waals surface area contributed by atoms with Gasteiger partial charge in [0.25, 0.3) is 0 Å². The molecule has 122 valence electrons. The molecule has 2 aromatic carbocycles. The van der Waals surface area contributed by atoms with Crippen molar-refractivity contribution in [2.24, 2.45) is 0 Å². The van der Waals surface area contributed by atoms with Gasteiger partial charge in [-0.1, -0.05) is 30.3 Å². The summed E-state index contributed by atoms with van der Waals surface area (Å²) < 4.78 is 24.1. The van der Waals surface area contributed by atoms with Crippen LogP contribution >= 0.6 is 0 Å². The van der Waals surface area contributed by atoms with Crippen LogP contribution in [0.5, 0.6) is 0 Å². The van der Waals surface area contributed by atoms with Gasteiger partial charge in [-0.25, -0.2) is 8.42 Å². The lowest BCUT2D eigenvalue weighted by atomic mass is 10.1. The second-order valence-corrected chi connectivity index (χ2v) is 7.32. The minimum Gasteiger partial charge on any atom is -0.326 e. The minimum atomic E-state index is -3.29. The van der Waals surface area contributed by atoms with Crippen molar-refractivity contribution in [2.75, 3.05) is 22.9 Å². The molecule has 0 saturated carbocycles. The highest BCUT2D eigenvalue weighted by Gasteiger charge is 2.11. The first-order valence-corrected chi connectivity index (χ1v) is 9.09. The summed E-state index contributed by atoms with van der Waals surface area (Å²) in [4.78, 5) is 11.9. The van der Waals surface area contributed by atoms with Gasteiger partial charge in [-0.2, -0.15) is 0 Å². The zero-order valence-corrected chi connectivity index (χ0v) is 14.0. The third-order valence-corrected chi connectivity index (χ3v) is 4.70. The van der Waals surface area contributed by atoms with E-state index >= 15 is 0 Å². The van der Waals surface area contributed by atoms with Crippen molar-refractivity contribution in [1.82, 2.24) is 0 Å². The van der Waals surface area contributed by atoms with Gasteiger partial charge < -0.3 is 5.32 Å². The van der Waals surface area contributed by atoms with Crippen LogP contribution in [0, 0.1) is 0 Å². The van der Waals surface area contributed by atoms with E-state index in [2.05, 4.69) is 5.32 Å². The Balaban J connectivity index is 1.92. The van der Waals surface area contributed by atoms with E-state index in [4.69, 9.17) is 0 Å². The highest BCUT2D eigenvalue weighted by Crippen LogP contribution is 2.19. The van der Waals surface area contributed by atoms with Crippen molar-refractivity contribution in [3.05, 3.63) is 60.2 Å². The van der Waals surface area contributed by atoms with Crippen LogP contribution in [0.4, 0.5) is 11.4 Å². The van der Waals surface area contributed by atoms with E-state index in [-0.39, 0.29) is 5.91 Å². The monoisotopic (exact) mass is 332 g/mol. The molecule has 0 spiro atoms. The molecule has 2 rings (SSSR count). The van der Waals surface area contributed by atoms with Crippen LogP contribution in [0.1, 0.15) is 12.0 Å². The number of amides is 1. The molecule has 0 saturated heterocycles. The van der Waals surface area contributed by atoms with Crippen molar-refractivity contribution < 1.29 is 13.2 Å². The molecule has 0 atom stereocenters. The maximum absolute atomic E-state index is 11.9. The predicted molar refractivity (Wildman–Crippen MR) is 93.1 cm³/mol. The van der Waals surface area contributed by atoms with Gasteiger partial charge in [0, 0.05) is 19.2 Å². The highest BCUT2D eigenvalue weighted by atomic mass is 32.2. The first kappa shape index (κ1) is 17.0. The maximum Gasteiger partial charge on any atom is 0.231 e. The van der Waals surface area contributed by atoms with E-state index < -0.39 is 10.0 Å². The minimum absolute atomic E-state index is 0.0712. The summed E-state index contributed by atoms with van der Waals surface area (Å²) >= 11 is 0. The van der Waals surface area contributed by atoms with Crippen LogP contribution in [0.15, 0.2) is 54.6 Å². The third-order valence-electron chi connectivity index (χ3n) is 3.50. The summed E-state index contributed by atoms with van der Waals surface area (Å²) in [5.41, 5.74) is 2.32. The largest absolute Gasteiger partial charge is 0.326 e. The molecule has 5 nitrogen and oxygen atoms in total. The molecule has 0 unspecified atom stereocenters. The Kier molecular flexibility index (Phi) is 5.39. The lowest BCUT2D eigenvalue weighted by molar-refractivity contribution is -0.116. The van der Waals surface area contributed by atoms with Gasteiger partial charge in [0.2, 0.25) is 15.9 Å². The first-order valence-electron chi connectivity index (χ1n) is 7.24. The number of carbonyl (C=O) groups excluding carboxylic acids is 1. The summed E-state index contributed by atoms with van der Waals surface area (Å²) in [5, 5.41) is 2.81. The van der Waals surface area contributed by atoms with Crippen LogP contribution < -0.4 is 9.62 Å². The smallest absolute Gasteiger partial charge is 0.231 e. The van der Waals surface area contributed by atoms with Gasteiger partial charge in [0.15, 0.2) is 0 Å². The van der Waals surface area contributed by atoms with Gasteiger partial charge in [-0.3, -0.25) is 9.10 Å². The molecule has 0 aliphatic carbocycles. The van der Waals surface area contributed by atoms with E-state index in [1.165, 1.54) is 11.4 Å².